The van der Waals surface area contributed by atoms with E-state index in [1.54, 1.807) is 0 Å². The first-order chi connectivity index (χ1) is 7.67. The fourth-order valence-corrected chi connectivity index (χ4v) is 1.44. The molecule has 1 fully saturated rings. The molecule has 2 rings (SSSR count). The lowest BCUT2D eigenvalue weighted by Gasteiger charge is -2.14. The standard InChI is InChI=1S/C9H13ClN4O2/c1-2-16-8-12-6(10)11-7(13-8)14-9(5-15)3-4-9/h15H,2-5H2,1H3,(H,11,12,13,14). The van der Waals surface area contributed by atoms with Crippen LogP contribution in [0.5, 0.6) is 6.01 Å². The largest absolute Gasteiger partial charge is 0.464 e. The summed E-state index contributed by atoms with van der Waals surface area (Å²) in [6.07, 6.45) is 1.80. The third-order valence-electron chi connectivity index (χ3n) is 2.39. The van der Waals surface area contributed by atoms with E-state index < -0.39 is 0 Å². The van der Waals surface area contributed by atoms with E-state index in [-0.39, 0.29) is 23.4 Å². The molecule has 6 nitrogen and oxygen atoms in total. The van der Waals surface area contributed by atoms with Crippen LogP contribution in [0.1, 0.15) is 19.8 Å². The molecule has 1 saturated carbocycles. The SMILES string of the molecule is CCOc1nc(Cl)nc(NC2(CO)CC2)n1. The lowest BCUT2D eigenvalue weighted by molar-refractivity contribution is 0.265. The van der Waals surface area contributed by atoms with Crippen molar-refractivity contribution in [3.05, 3.63) is 5.28 Å². The van der Waals surface area contributed by atoms with Gasteiger partial charge >= 0.3 is 6.01 Å². The number of hydrogen-bond donors (Lipinski definition) is 2. The molecule has 0 radical (unpaired) electrons. The average molecular weight is 245 g/mol. The molecule has 0 unspecified atom stereocenters. The maximum Gasteiger partial charge on any atom is 0.322 e. The zero-order valence-electron chi connectivity index (χ0n) is 8.90. The van der Waals surface area contributed by atoms with Crippen LogP contribution >= 0.6 is 11.6 Å². The van der Waals surface area contributed by atoms with Crippen molar-refractivity contribution in [2.45, 2.75) is 25.3 Å². The quantitative estimate of drug-likeness (QED) is 0.800. The van der Waals surface area contributed by atoms with Gasteiger partial charge < -0.3 is 15.2 Å². The van der Waals surface area contributed by atoms with Crippen molar-refractivity contribution in [1.82, 2.24) is 15.0 Å². The first-order valence-electron chi connectivity index (χ1n) is 5.11. The molecule has 0 bridgehead atoms. The van der Waals surface area contributed by atoms with Crippen molar-refractivity contribution in [2.75, 3.05) is 18.5 Å². The summed E-state index contributed by atoms with van der Waals surface area (Å²) in [6, 6.07) is 0.193. The van der Waals surface area contributed by atoms with Gasteiger partial charge in [0.2, 0.25) is 11.2 Å². The van der Waals surface area contributed by atoms with Gasteiger partial charge in [-0.3, -0.25) is 0 Å². The third kappa shape index (κ3) is 2.51. The average Bonchev–Trinajstić information content (AvgIpc) is 2.98. The molecular formula is C9H13ClN4O2. The van der Waals surface area contributed by atoms with Crippen LogP contribution in [-0.4, -0.2) is 38.8 Å². The third-order valence-corrected chi connectivity index (χ3v) is 2.56. The molecule has 1 aliphatic carbocycles. The minimum Gasteiger partial charge on any atom is -0.464 e. The number of aliphatic hydroxyl groups is 1. The summed E-state index contributed by atoms with van der Waals surface area (Å²) in [5, 5.41) is 12.3. The van der Waals surface area contributed by atoms with Crippen LogP contribution in [0.4, 0.5) is 5.95 Å². The van der Waals surface area contributed by atoms with Gasteiger partial charge in [-0.25, -0.2) is 0 Å². The molecule has 1 aromatic rings. The molecule has 2 N–H and O–H groups in total. The summed E-state index contributed by atoms with van der Waals surface area (Å²) < 4.78 is 5.15. The molecule has 0 aliphatic heterocycles. The van der Waals surface area contributed by atoms with Crippen LogP contribution in [0.25, 0.3) is 0 Å². The molecule has 0 spiro atoms. The summed E-state index contributed by atoms with van der Waals surface area (Å²) in [6.45, 7) is 2.35. The highest BCUT2D eigenvalue weighted by molar-refractivity contribution is 6.28. The van der Waals surface area contributed by atoms with E-state index in [0.717, 1.165) is 12.8 Å². The number of anilines is 1. The van der Waals surface area contributed by atoms with Gasteiger partial charge in [0, 0.05) is 0 Å². The minimum absolute atomic E-state index is 0.0558. The summed E-state index contributed by atoms with van der Waals surface area (Å²) in [5.41, 5.74) is -0.284. The van der Waals surface area contributed by atoms with Crippen molar-refractivity contribution < 1.29 is 9.84 Å². The molecular weight excluding hydrogens is 232 g/mol. The Bertz CT molecular complexity index is 384. The second-order valence-electron chi connectivity index (χ2n) is 3.71. The highest BCUT2D eigenvalue weighted by Crippen LogP contribution is 2.37. The zero-order chi connectivity index (χ0) is 11.6. The second-order valence-corrected chi connectivity index (χ2v) is 4.05. The molecule has 88 valence electrons. The predicted octanol–water partition coefficient (Wildman–Crippen LogP) is 0.860. The zero-order valence-corrected chi connectivity index (χ0v) is 9.66. The molecule has 1 aliphatic rings. The second kappa shape index (κ2) is 4.39. The van der Waals surface area contributed by atoms with Gasteiger partial charge in [0.15, 0.2) is 0 Å². The van der Waals surface area contributed by atoms with Gasteiger partial charge in [-0.05, 0) is 31.4 Å². The Morgan fingerprint density at radius 3 is 2.75 bits per heavy atom. The number of hydrogen-bond acceptors (Lipinski definition) is 6. The Morgan fingerprint density at radius 2 is 2.19 bits per heavy atom. The number of nitrogens with zero attached hydrogens (tertiary/aromatic N) is 3. The number of aromatic nitrogens is 3. The van der Waals surface area contributed by atoms with Crippen molar-refractivity contribution >= 4 is 17.5 Å². The van der Waals surface area contributed by atoms with Crippen LogP contribution in [0.2, 0.25) is 5.28 Å². The van der Waals surface area contributed by atoms with Gasteiger partial charge in [-0.1, -0.05) is 0 Å². The van der Waals surface area contributed by atoms with E-state index in [9.17, 15) is 0 Å². The van der Waals surface area contributed by atoms with E-state index >= 15 is 0 Å². The van der Waals surface area contributed by atoms with Crippen LogP contribution in [0.3, 0.4) is 0 Å². The molecule has 1 aromatic heterocycles. The highest BCUT2D eigenvalue weighted by Gasteiger charge is 2.42. The maximum absolute atomic E-state index is 9.16. The van der Waals surface area contributed by atoms with E-state index in [2.05, 4.69) is 20.3 Å². The van der Waals surface area contributed by atoms with E-state index in [1.807, 2.05) is 6.92 Å². The van der Waals surface area contributed by atoms with Crippen LogP contribution in [0, 0.1) is 0 Å². The van der Waals surface area contributed by atoms with Crippen molar-refractivity contribution in [2.24, 2.45) is 0 Å². The van der Waals surface area contributed by atoms with E-state index in [1.165, 1.54) is 0 Å². The Balaban J connectivity index is 2.14. The number of nitrogens with one attached hydrogen (secondary N) is 1. The number of rotatable bonds is 5. The fraction of sp³-hybridized carbons (Fsp3) is 0.667. The van der Waals surface area contributed by atoms with Gasteiger partial charge in [-0.15, -0.1) is 0 Å². The molecule has 0 atom stereocenters. The van der Waals surface area contributed by atoms with Gasteiger partial charge in [0.25, 0.3) is 0 Å². The Morgan fingerprint density at radius 1 is 1.44 bits per heavy atom. The smallest absolute Gasteiger partial charge is 0.322 e. The first-order valence-corrected chi connectivity index (χ1v) is 5.49. The topological polar surface area (TPSA) is 80.2 Å². The van der Waals surface area contributed by atoms with Crippen molar-refractivity contribution in [1.29, 1.82) is 0 Å². The highest BCUT2D eigenvalue weighted by atomic mass is 35.5. The monoisotopic (exact) mass is 244 g/mol. The van der Waals surface area contributed by atoms with Gasteiger partial charge in [0.05, 0.1) is 18.8 Å². The van der Waals surface area contributed by atoms with E-state index in [0.29, 0.717) is 12.6 Å². The van der Waals surface area contributed by atoms with Crippen molar-refractivity contribution in [3.8, 4) is 6.01 Å². The Hall–Kier alpha value is -1.14. The molecule has 7 heteroatoms. The number of aliphatic hydroxyl groups excluding tert-OH is 1. The lowest BCUT2D eigenvalue weighted by Crippen LogP contribution is -2.27. The van der Waals surface area contributed by atoms with Crippen LogP contribution in [-0.2, 0) is 0 Å². The number of ether oxygens (including phenoxy) is 1. The first kappa shape index (κ1) is 11.3. The summed E-state index contributed by atoms with van der Waals surface area (Å²) in [7, 11) is 0. The Labute approximate surface area is 98.0 Å². The summed E-state index contributed by atoms with van der Waals surface area (Å²) in [4.78, 5) is 11.8. The van der Waals surface area contributed by atoms with Crippen molar-refractivity contribution in [3.63, 3.8) is 0 Å². The molecule has 0 saturated heterocycles. The molecule has 0 amide bonds. The van der Waals surface area contributed by atoms with Crippen LogP contribution < -0.4 is 10.1 Å². The normalized spacial score (nSPS) is 16.9. The summed E-state index contributed by atoms with van der Waals surface area (Å²) >= 11 is 5.73. The lowest BCUT2D eigenvalue weighted by atomic mass is 10.3. The maximum atomic E-state index is 9.16. The van der Waals surface area contributed by atoms with E-state index in [4.69, 9.17) is 21.4 Å². The molecule has 0 aromatic carbocycles. The van der Waals surface area contributed by atoms with Gasteiger partial charge in [-0.2, -0.15) is 15.0 Å². The Kier molecular flexibility index (Phi) is 3.11. The minimum atomic E-state index is -0.284. The fourth-order valence-electron chi connectivity index (χ4n) is 1.29. The predicted molar refractivity (Wildman–Crippen MR) is 58.7 cm³/mol. The summed E-state index contributed by atoms with van der Waals surface area (Å²) in [5.74, 6) is 0.343. The molecule has 16 heavy (non-hydrogen) atoms. The van der Waals surface area contributed by atoms with Gasteiger partial charge in [0.1, 0.15) is 0 Å². The molecule has 1 heterocycles. The number of halogens is 1. The van der Waals surface area contributed by atoms with Crippen LogP contribution in [0.15, 0.2) is 0 Å².